The van der Waals surface area contributed by atoms with Crippen molar-refractivity contribution < 1.29 is 14.3 Å². The van der Waals surface area contributed by atoms with Crippen LogP contribution in [-0.2, 0) is 16.0 Å². The van der Waals surface area contributed by atoms with Crippen molar-refractivity contribution in [2.45, 2.75) is 39.0 Å². The minimum absolute atomic E-state index is 0.0479. The standard InChI is InChI=1S/C30H29NO3/c1-4-34-30(33)31-25-13-9-8-12-23(25)29-26(31)18-24(21-16-14-19(2)15-17-21)27(20(3)32)28(29)22-10-6-5-7-11-22/h5-17,24,27-28H,4,18H2,1-3H3/t24-,27+,28-/m1/s1. The zero-order valence-corrected chi connectivity index (χ0v) is 19.8. The first-order chi connectivity index (χ1) is 16.5. The van der Waals surface area contributed by atoms with Gasteiger partial charge in [0.2, 0.25) is 0 Å². The van der Waals surface area contributed by atoms with Crippen LogP contribution in [0.4, 0.5) is 4.79 Å². The molecule has 1 aliphatic rings. The molecule has 1 heterocycles. The Labute approximate surface area is 200 Å². The lowest BCUT2D eigenvalue weighted by Crippen LogP contribution is -2.35. The van der Waals surface area contributed by atoms with Crippen LogP contribution in [0.1, 0.15) is 53.6 Å². The number of hydrogen-bond donors (Lipinski definition) is 0. The lowest BCUT2D eigenvalue weighted by Gasteiger charge is -2.38. The predicted molar refractivity (Wildman–Crippen MR) is 134 cm³/mol. The number of carbonyl (C=O) groups excluding carboxylic acids is 2. The molecule has 4 aromatic rings. The summed E-state index contributed by atoms with van der Waals surface area (Å²) < 4.78 is 7.23. The molecule has 5 rings (SSSR count). The van der Waals surface area contributed by atoms with Gasteiger partial charge in [-0.05, 0) is 55.9 Å². The maximum absolute atomic E-state index is 13.3. The summed E-state index contributed by atoms with van der Waals surface area (Å²) in [6, 6.07) is 26.6. The third-order valence-corrected chi connectivity index (χ3v) is 7.12. The number of para-hydroxylation sites is 1. The SMILES string of the molecule is CCOC(=O)n1c2c(c3ccccc31)[C@H](c1ccccc1)[C@@H](C(C)=O)[C@@H](c1ccc(C)cc1)C2. The highest BCUT2D eigenvalue weighted by Gasteiger charge is 2.44. The van der Waals surface area contributed by atoms with Crippen LogP contribution in [0.3, 0.4) is 0 Å². The number of Topliss-reactive ketones (excluding diaryl/α,β-unsaturated/α-hetero) is 1. The van der Waals surface area contributed by atoms with Crippen molar-refractivity contribution >= 4 is 22.8 Å². The molecule has 4 nitrogen and oxygen atoms in total. The third kappa shape index (κ3) is 3.63. The number of aryl methyl sites for hydroxylation is 1. The van der Waals surface area contributed by atoms with Gasteiger partial charge >= 0.3 is 6.09 Å². The summed E-state index contributed by atoms with van der Waals surface area (Å²) in [5, 5.41) is 1.01. The van der Waals surface area contributed by atoms with E-state index in [1.807, 2.05) is 43.3 Å². The van der Waals surface area contributed by atoms with Crippen LogP contribution in [0.25, 0.3) is 10.9 Å². The first-order valence-electron chi connectivity index (χ1n) is 11.9. The summed E-state index contributed by atoms with van der Waals surface area (Å²) in [6.07, 6.45) is 0.232. The van der Waals surface area contributed by atoms with Gasteiger partial charge in [-0.3, -0.25) is 4.79 Å². The number of aromatic nitrogens is 1. The fourth-order valence-electron chi connectivity index (χ4n) is 5.70. The van der Waals surface area contributed by atoms with Crippen molar-refractivity contribution in [2.24, 2.45) is 5.92 Å². The molecule has 0 unspecified atom stereocenters. The van der Waals surface area contributed by atoms with Gasteiger partial charge in [0.1, 0.15) is 5.78 Å². The number of rotatable bonds is 4. The molecule has 0 amide bonds. The average Bonchev–Trinajstić information content (AvgIpc) is 3.18. The molecule has 0 N–H and O–H groups in total. The molecular weight excluding hydrogens is 422 g/mol. The zero-order chi connectivity index (χ0) is 23.8. The summed E-state index contributed by atoms with van der Waals surface area (Å²) in [6.45, 7) is 5.90. The number of nitrogens with zero attached hydrogens (tertiary/aromatic N) is 1. The van der Waals surface area contributed by atoms with E-state index in [-0.39, 0.29) is 29.6 Å². The second-order valence-electron chi connectivity index (χ2n) is 9.16. The highest BCUT2D eigenvalue weighted by molar-refractivity contribution is 5.96. The number of ketones is 1. The highest BCUT2D eigenvalue weighted by Crippen LogP contribution is 2.51. The van der Waals surface area contributed by atoms with Gasteiger partial charge in [-0.25, -0.2) is 9.36 Å². The Hall–Kier alpha value is -3.66. The first kappa shape index (κ1) is 22.1. The van der Waals surface area contributed by atoms with Crippen LogP contribution in [0.5, 0.6) is 0 Å². The van der Waals surface area contributed by atoms with Crippen LogP contribution in [-0.4, -0.2) is 23.1 Å². The Kier molecular flexibility index (Phi) is 5.82. The molecule has 0 saturated carbocycles. The number of benzene rings is 3. The van der Waals surface area contributed by atoms with Gasteiger partial charge in [-0.2, -0.15) is 0 Å². The van der Waals surface area contributed by atoms with E-state index >= 15 is 0 Å². The Balaban J connectivity index is 1.83. The van der Waals surface area contributed by atoms with E-state index in [1.54, 1.807) is 11.5 Å². The zero-order valence-electron chi connectivity index (χ0n) is 19.8. The molecule has 0 fully saturated rings. The molecule has 3 aromatic carbocycles. The van der Waals surface area contributed by atoms with E-state index in [9.17, 15) is 9.59 Å². The topological polar surface area (TPSA) is 48.3 Å². The molecule has 34 heavy (non-hydrogen) atoms. The van der Waals surface area contributed by atoms with Crippen LogP contribution in [0, 0.1) is 12.8 Å². The maximum atomic E-state index is 13.3. The van der Waals surface area contributed by atoms with Gasteiger partial charge in [0.05, 0.1) is 12.1 Å². The molecule has 0 saturated heterocycles. The van der Waals surface area contributed by atoms with Gasteiger partial charge in [0.15, 0.2) is 0 Å². The van der Waals surface area contributed by atoms with Crippen molar-refractivity contribution in [3.05, 3.63) is 107 Å². The minimum Gasteiger partial charge on any atom is -0.449 e. The van der Waals surface area contributed by atoms with Gasteiger partial charge in [-0.15, -0.1) is 0 Å². The quantitative estimate of drug-likeness (QED) is 0.350. The summed E-state index contributed by atoms with van der Waals surface area (Å²) >= 11 is 0. The molecule has 1 aromatic heterocycles. The van der Waals surface area contributed by atoms with Crippen molar-refractivity contribution in [3.8, 4) is 0 Å². The number of carbonyl (C=O) groups is 2. The van der Waals surface area contributed by atoms with Crippen LogP contribution in [0.15, 0.2) is 78.9 Å². The van der Waals surface area contributed by atoms with E-state index < -0.39 is 0 Å². The Bertz CT molecular complexity index is 1350. The van der Waals surface area contributed by atoms with Crippen LogP contribution >= 0.6 is 0 Å². The van der Waals surface area contributed by atoms with Gasteiger partial charge in [0.25, 0.3) is 0 Å². The molecule has 0 spiro atoms. The smallest absolute Gasteiger partial charge is 0.418 e. The number of ether oxygens (including phenoxy) is 1. The van der Waals surface area contributed by atoms with Crippen LogP contribution < -0.4 is 0 Å². The molecule has 0 radical (unpaired) electrons. The minimum atomic E-state index is -0.365. The lowest BCUT2D eigenvalue weighted by atomic mass is 9.64. The highest BCUT2D eigenvalue weighted by atomic mass is 16.5. The molecule has 1 aliphatic carbocycles. The summed E-state index contributed by atoms with van der Waals surface area (Å²) in [4.78, 5) is 26.5. The van der Waals surface area contributed by atoms with Crippen molar-refractivity contribution in [1.82, 2.24) is 4.57 Å². The second-order valence-corrected chi connectivity index (χ2v) is 9.16. The van der Waals surface area contributed by atoms with E-state index in [0.717, 1.165) is 33.3 Å². The third-order valence-electron chi connectivity index (χ3n) is 7.12. The Morgan fingerprint density at radius 1 is 0.912 bits per heavy atom. The Morgan fingerprint density at radius 2 is 1.59 bits per heavy atom. The van der Waals surface area contributed by atoms with E-state index in [2.05, 4.69) is 49.4 Å². The van der Waals surface area contributed by atoms with E-state index in [4.69, 9.17) is 4.74 Å². The summed E-state index contributed by atoms with van der Waals surface area (Å²) in [5.41, 5.74) is 6.24. The largest absolute Gasteiger partial charge is 0.449 e. The summed E-state index contributed by atoms with van der Waals surface area (Å²) in [7, 11) is 0. The fourth-order valence-corrected chi connectivity index (χ4v) is 5.70. The van der Waals surface area contributed by atoms with Crippen LogP contribution in [0.2, 0.25) is 0 Å². The first-order valence-corrected chi connectivity index (χ1v) is 11.9. The molecule has 4 heteroatoms. The maximum Gasteiger partial charge on any atom is 0.418 e. The van der Waals surface area contributed by atoms with Gasteiger partial charge < -0.3 is 4.74 Å². The molecule has 172 valence electrons. The second kappa shape index (κ2) is 8.94. The molecule has 0 aliphatic heterocycles. The molecular formula is C30H29NO3. The number of hydrogen-bond acceptors (Lipinski definition) is 3. The molecule has 3 atom stereocenters. The normalized spacial score (nSPS) is 19.6. The summed E-state index contributed by atoms with van der Waals surface area (Å²) in [5.74, 6) is -0.278. The van der Waals surface area contributed by atoms with E-state index in [1.165, 1.54) is 5.56 Å². The average molecular weight is 452 g/mol. The number of fused-ring (bicyclic) bond motifs is 3. The van der Waals surface area contributed by atoms with E-state index in [0.29, 0.717) is 13.0 Å². The van der Waals surface area contributed by atoms with Crippen molar-refractivity contribution in [3.63, 3.8) is 0 Å². The molecule has 0 bridgehead atoms. The van der Waals surface area contributed by atoms with Crippen molar-refractivity contribution in [1.29, 1.82) is 0 Å². The fraction of sp³-hybridized carbons (Fsp3) is 0.267. The Morgan fingerprint density at radius 3 is 2.26 bits per heavy atom. The van der Waals surface area contributed by atoms with Gasteiger partial charge in [-0.1, -0.05) is 78.4 Å². The monoisotopic (exact) mass is 451 g/mol. The lowest BCUT2D eigenvalue weighted by molar-refractivity contribution is -0.122. The predicted octanol–water partition coefficient (Wildman–Crippen LogP) is 6.63. The van der Waals surface area contributed by atoms with Crippen molar-refractivity contribution in [2.75, 3.05) is 6.61 Å². The van der Waals surface area contributed by atoms with Gasteiger partial charge in [0, 0.05) is 22.9 Å².